The van der Waals surface area contributed by atoms with Gasteiger partial charge in [-0.3, -0.25) is 4.90 Å². The van der Waals surface area contributed by atoms with Gasteiger partial charge in [0.1, 0.15) is 0 Å². The molecule has 1 saturated heterocycles. The Bertz CT molecular complexity index is 803. The maximum absolute atomic E-state index is 12.4. The van der Waals surface area contributed by atoms with Crippen LogP contribution in [0.5, 0.6) is 0 Å². The van der Waals surface area contributed by atoms with Crippen molar-refractivity contribution in [3.63, 3.8) is 0 Å². The summed E-state index contributed by atoms with van der Waals surface area (Å²) < 4.78 is 32.9. The number of ether oxygens (including phenoxy) is 1. The van der Waals surface area contributed by atoms with Gasteiger partial charge in [0.05, 0.1) is 18.1 Å². The van der Waals surface area contributed by atoms with E-state index in [-0.39, 0.29) is 11.4 Å². The Morgan fingerprint density at radius 3 is 2.32 bits per heavy atom. The number of sulfonamides is 1. The molecule has 1 fully saturated rings. The molecule has 0 amide bonds. The van der Waals surface area contributed by atoms with E-state index in [1.165, 1.54) is 12.1 Å². The van der Waals surface area contributed by atoms with Gasteiger partial charge in [-0.05, 0) is 35.4 Å². The lowest BCUT2D eigenvalue weighted by atomic mass is 10.1. The highest BCUT2D eigenvalue weighted by Crippen LogP contribution is 2.16. The quantitative estimate of drug-likeness (QED) is 0.837. The Hall–Kier alpha value is -1.44. The van der Waals surface area contributed by atoms with E-state index < -0.39 is 10.0 Å². The highest BCUT2D eigenvalue weighted by atomic mass is 35.5. The first-order chi connectivity index (χ1) is 12.0. The van der Waals surface area contributed by atoms with Gasteiger partial charge in [0.15, 0.2) is 0 Å². The molecule has 0 atom stereocenters. The molecule has 1 aliphatic heterocycles. The van der Waals surface area contributed by atoms with E-state index >= 15 is 0 Å². The maximum Gasteiger partial charge on any atom is 0.240 e. The van der Waals surface area contributed by atoms with Crippen molar-refractivity contribution in [1.29, 1.82) is 0 Å². The van der Waals surface area contributed by atoms with Gasteiger partial charge in [0.25, 0.3) is 0 Å². The molecule has 0 bridgehead atoms. The monoisotopic (exact) mass is 380 g/mol. The number of hydrogen-bond donors (Lipinski definition) is 1. The molecule has 2 aromatic carbocycles. The lowest BCUT2D eigenvalue weighted by Crippen LogP contribution is -2.36. The van der Waals surface area contributed by atoms with Crippen LogP contribution < -0.4 is 4.72 Å². The Labute approximate surface area is 153 Å². The fourth-order valence-corrected chi connectivity index (χ4v) is 3.89. The summed E-state index contributed by atoms with van der Waals surface area (Å²) >= 11 is 5.82. The number of hydrogen-bond acceptors (Lipinski definition) is 4. The minimum atomic E-state index is -3.57. The summed E-state index contributed by atoms with van der Waals surface area (Å²) in [6.45, 7) is 4.32. The van der Waals surface area contributed by atoms with Crippen LogP contribution in [-0.2, 0) is 27.8 Å². The summed E-state index contributed by atoms with van der Waals surface area (Å²) in [4.78, 5) is 2.53. The number of nitrogens with zero attached hydrogens (tertiary/aromatic N) is 1. The standard InChI is InChI=1S/C18H21ClN2O3S/c19-17-5-7-18(8-6-17)25(22,23)20-13-15-3-1-2-4-16(15)14-21-9-11-24-12-10-21/h1-8,20H,9-14H2. The topological polar surface area (TPSA) is 58.6 Å². The predicted octanol–water partition coefficient (Wildman–Crippen LogP) is 2.65. The molecule has 25 heavy (non-hydrogen) atoms. The SMILES string of the molecule is O=S(=O)(NCc1ccccc1CN1CCOCC1)c1ccc(Cl)cc1. The number of morpholine rings is 1. The normalized spacial score (nSPS) is 16.0. The smallest absolute Gasteiger partial charge is 0.240 e. The first-order valence-electron chi connectivity index (χ1n) is 8.17. The molecule has 1 aliphatic rings. The summed E-state index contributed by atoms with van der Waals surface area (Å²) in [6.07, 6.45) is 0. The van der Waals surface area contributed by atoms with Crippen molar-refractivity contribution in [2.75, 3.05) is 26.3 Å². The van der Waals surface area contributed by atoms with Gasteiger partial charge >= 0.3 is 0 Å². The lowest BCUT2D eigenvalue weighted by molar-refractivity contribution is 0.0341. The Kier molecular flexibility index (Phi) is 6.09. The number of halogens is 1. The van der Waals surface area contributed by atoms with Crippen molar-refractivity contribution in [1.82, 2.24) is 9.62 Å². The highest BCUT2D eigenvalue weighted by molar-refractivity contribution is 7.89. The van der Waals surface area contributed by atoms with E-state index in [9.17, 15) is 8.42 Å². The molecule has 1 N–H and O–H groups in total. The zero-order chi connectivity index (χ0) is 17.7. The average molecular weight is 381 g/mol. The molecule has 3 rings (SSSR count). The first kappa shape index (κ1) is 18.4. The van der Waals surface area contributed by atoms with E-state index in [4.69, 9.17) is 16.3 Å². The summed E-state index contributed by atoms with van der Waals surface area (Å²) in [5.74, 6) is 0. The van der Waals surface area contributed by atoms with Gasteiger partial charge in [-0.25, -0.2) is 13.1 Å². The molecule has 134 valence electrons. The third kappa shape index (κ3) is 5.03. The van der Waals surface area contributed by atoms with Crippen LogP contribution in [0.15, 0.2) is 53.4 Å². The van der Waals surface area contributed by atoms with Crippen molar-refractivity contribution in [2.45, 2.75) is 18.0 Å². The molecule has 7 heteroatoms. The van der Waals surface area contributed by atoms with Gasteiger partial charge in [-0.15, -0.1) is 0 Å². The average Bonchev–Trinajstić information content (AvgIpc) is 2.62. The van der Waals surface area contributed by atoms with Crippen LogP contribution in [0, 0.1) is 0 Å². The van der Waals surface area contributed by atoms with Crippen LogP contribution in [-0.4, -0.2) is 39.6 Å². The zero-order valence-electron chi connectivity index (χ0n) is 13.8. The Morgan fingerprint density at radius 2 is 1.64 bits per heavy atom. The fraction of sp³-hybridized carbons (Fsp3) is 0.333. The van der Waals surface area contributed by atoms with Gasteiger partial charge in [0.2, 0.25) is 10.0 Å². The van der Waals surface area contributed by atoms with Crippen LogP contribution in [0.3, 0.4) is 0 Å². The molecule has 0 unspecified atom stereocenters. The summed E-state index contributed by atoms with van der Waals surface area (Å²) in [7, 11) is -3.57. The van der Waals surface area contributed by atoms with Crippen molar-refractivity contribution in [3.05, 3.63) is 64.7 Å². The van der Waals surface area contributed by atoms with Crippen LogP contribution in [0.2, 0.25) is 5.02 Å². The van der Waals surface area contributed by atoms with Gasteiger partial charge in [-0.1, -0.05) is 35.9 Å². The largest absolute Gasteiger partial charge is 0.379 e. The van der Waals surface area contributed by atoms with E-state index in [0.29, 0.717) is 5.02 Å². The van der Waals surface area contributed by atoms with E-state index in [2.05, 4.69) is 9.62 Å². The van der Waals surface area contributed by atoms with Crippen LogP contribution in [0.4, 0.5) is 0 Å². The Balaban J connectivity index is 1.69. The summed E-state index contributed by atoms with van der Waals surface area (Å²) in [6, 6.07) is 14.1. The number of benzene rings is 2. The molecule has 0 aliphatic carbocycles. The maximum atomic E-state index is 12.4. The number of rotatable bonds is 6. The van der Waals surface area contributed by atoms with Crippen molar-refractivity contribution < 1.29 is 13.2 Å². The second-order valence-corrected chi connectivity index (χ2v) is 8.14. The number of nitrogens with one attached hydrogen (secondary N) is 1. The van der Waals surface area contributed by atoms with Gasteiger partial charge in [0, 0.05) is 31.2 Å². The molecule has 2 aromatic rings. The van der Waals surface area contributed by atoms with E-state index in [1.807, 2.05) is 24.3 Å². The minimum Gasteiger partial charge on any atom is -0.379 e. The second kappa shape index (κ2) is 8.29. The second-order valence-electron chi connectivity index (χ2n) is 5.94. The van der Waals surface area contributed by atoms with Crippen LogP contribution in [0.1, 0.15) is 11.1 Å². The zero-order valence-corrected chi connectivity index (χ0v) is 15.4. The fourth-order valence-electron chi connectivity index (χ4n) is 2.75. The Morgan fingerprint density at radius 1 is 1.00 bits per heavy atom. The molecule has 5 nitrogen and oxygen atoms in total. The summed E-state index contributed by atoms with van der Waals surface area (Å²) in [5, 5.41) is 0.509. The predicted molar refractivity (Wildman–Crippen MR) is 98.0 cm³/mol. The molecular formula is C18H21ClN2O3S. The molecule has 0 aromatic heterocycles. The van der Waals surface area contributed by atoms with Gasteiger partial charge in [-0.2, -0.15) is 0 Å². The van der Waals surface area contributed by atoms with Crippen LogP contribution >= 0.6 is 11.6 Å². The van der Waals surface area contributed by atoms with E-state index in [1.54, 1.807) is 12.1 Å². The van der Waals surface area contributed by atoms with Gasteiger partial charge < -0.3 is 4.74 Å². The highest BCUT2D eigenvalue weighted by Gasteiger charge is 2.16. The van der Waals surface area contributed by atoms with Crippen molar-refractivity contribution in [2.24, 2.45) is 0 Å². The molecule has 0 spiro atoms. The van der Waals surface area contributed by atoms with E-state index in [0.717, 1.165) is 44.0 Å². The molecule has 1 heterocycles. The van der Waals surface area contributed by atoms with Crippen molar-refractivity contribution >= 4 is 21.6 Å². The van der Waals surface area contributed by atoms with Crippen molar-refractivity contribution in [3.8, 4) is 0 Å². The third-order valence-electron chi connectivity index (χ3n) is 4.19. The lowest BCUT2D eigenvalue weighted by Gasteiger charge is -2.27. The molecular weight excluding hydrogens is 360 g/mol. The molecule has 0 radical (unpaired) electrons. The van der Waals surface area contributed by atoms with Crippen LogP contribution in [0.25, 0.3) is 0 Å². The summed E-state index contributed by atoms with van der Waals surface area (Å²) in [5.41, 5.74) is 2.11. The third-order valence-corrected chi connectivity index (χ3v) is 5.86. The first-order valence-corrected chi connectivity index (χ1v) is 10.0. The minimum absolute atomic E-state index is 0.211. The molecule has 0 saturated carbocycles.